The number of piperidine rings is 1. The van der Waals surface area contributed by atoms with E-state index in [0.29, 0.717) is 24.5 Å². The first kappa shape index (κ1) is 30.3. The maximum absolute atomic E-state index is 12.5. The van der Waals surface area contributed by atoms with Gasteiger partial charge in [0.05, 0.1) is 29.5 Å². The van der Waals surface area contributed by atoms with Crippen molar-refractivity contribution in [1.82, 2.24) is 18.8 Å². The molecule has 4 aliphatic rings. The van der Waals surface area contributed by atoms with Gasteiger partial charge in [-0.1, -0.05) is 0 Å². The lowest BCUT2D eigenvalue weighted by atomic mass is 9.98. The highest BCUT2D eigenvalue weighted by Gasteiger charge is 2.42. The quantitative estimate of drug-likeness (QED) is 0.362. The molecule has 2 atom stereocenters. The zero-order valence-electron chi connectivity index (χ0n) is 21.2. The number of hydrogen-bond donors (Lipinski definition) is 1. The maximum atomic E-state index is 12.5. The zero-order valence-corrected chi connectivity index (χ0v) is 24.2. The van der Waals surface area contributed by atoms with Crippen molar-refractivity contribution in [3.05, 3.63) is 29.3 Å². The number of fused-ring (bicyclic) bond motifs is 1. The van der Waals surface area contributed by atoms with Crippen LogP contribution in [0.5, 0.6) is 5.75 Å². The summed E-state index contributed by atoms with van der Waals surface area (Å²) < 4.78 is 75.6. The Balaban J connectivity index is 0.000000187. The minimum absolute atomic E-state index is 0.107. The zero-order chi connectivity index (χ0) is 28.2. The minimum atomic E-state index is -4.33. The first-order valence-corrected chi connectivity index (χ1v) is 15.1. The minimum Gasteiger partial charge on any atom is -0.491 e. The summed E-state index contributed by atoms with van der Waals surface area (Å²) >= 11 is 1.71. The second kappa shape index (κ2) is 12.9. The molecule has 0 aliphatic carbocycles. The van der Waals surface area contributed by atoms with Gasteiger partial charge < -0.3 is 12.7 Å². The number of nitrogens with one attached hydrogen (secondary N) is 1. The number of amides is 1. The molecule has 10 nitrogen and oxygen atoms in total. The van der Waals surface area contributed by atoms with Crippen molar-refractivity contribution in [1.29, 1.82) is 5.26 Å². The number of ether oxygens (including phenoxy) is 1. The molecule has 0 spiro atoms. The molecule has 1 aromatic rings. The van der Waals surface area contributed by atoms with Crippen molar-refractivity contribution in [2.45, 2.75) is 37.9 Å². The van der Waals surface area contributed by atoms with Crippen LogP contribution in [0.25, 0.3) is 0 Å². The number of rotatable bonds is 6. The summed E-state index contributed by atoms with van der Waals surface area (Å²) in [7, 11) is -3.51. The number of halogens is 4. The number of nitrogens with zero attached hydrogens (tertiary/aromatic N) is 4. The van der Waals surface area contributed by atoms with Crippen LogP contribution in [0.1, 0.15) is 42.9 Å². The standard InChI is InChI=1S/C14H22N4O3S.C10H9F3INO2/c15-8-12-9-18(10-12)22(20,21)17-7-3-4-13(11-17)14(19)16-5-1-2-6-16;11-10(12,13)6-1-2-9-7(3-6)8(4-16-9)15-5-17-14/h12-13H,1-7,9-11H2;1-3,8,15H,4-5H2/t13-;/m0./s1. The Morgan fingerprint density at radius 3 is 2.51 bits per heavy atom. The molecule has 0 aromatic heterocycles. The molecule has 0 bridgehead atoms. The first-order chi connectivity index (χ1) is 18.5. The van der Waals surface area contributed by atoms with Gasteiger partial charge in [0.1, 0.15) is 42.1 Å². The summed E-state index contributed by atoms with van der Waals surface area (Å²) in [4.78, 5) is 14.3. The van der Waals surface area contributed by atoms with Crippen LogP contribution in [0.4, 0.5) is 13.2 Å². The predicted molar refractivity (Wildman–Crippen MR) is 142 cm³/mol. The molecule has 39 heavy (non-hydrogen) atoms. The van der Waals surface area contributed by atoms with E-state index in [1.165, 1.54) is 14.7 Å². The van der Waals surface area contributed by atoms with Gasteiger partial charge in [-0.2, -0.15) is 35.5 Å². The molecule has 0 radical (unpaired) electrons. The molecule has 1 amide bonds. The van der Waals surface area contributed by atoms with Gasteiger partial charge in [0.15, 0.2) is 0 Å². The fourth-order valence-electron chi connectivity index (χ4n) is 5.11. The van der Waals surface area contributed by atoms with Crippen molar-refractivity contribution in [2.75, 3.05) is 52.6 Å². The molecule has 1 N–H and O–H groups in total. The Kier molecular flexibility index (Phi) is 9.97. The Morgan fingerprint density at radius 1 is 1.15 bits per heavy atom. The van der Waals surface area contributed by atoms with Crippen LogP contribution < -0.4 is 10.1 Å². The average Bonchev–Trinajstić information content (AvgIpc) is 3.56. The van der Waals surface area contributed by atoms with Crippen LogP contribution >= 0.6 is 23.0 Å². The Morgan fingerprint density at radius 2 is 1.87 bits per heavy atom. The smallest absolute Gasteiger partial charge is 0.416 e. The van der Waals surface area contributed by atoms with Crippen molar-refractivity contribution in [2.24, 2.45) is 11.8 Å². The Hall–Kier alpha value is -1.71. The van der Waals surface area contributed by atoms with Crippen molar-refractivity contribution >= 4 is 39.1 Å². The number of alkyl halides is 3. The van der Waals surface area contributed by atoms with Crippen molar-refractivity contribution < 1.29 is 34.2 Å². The lowest BCUT2D eigenvalue weighted by Crippen LogP contribution is -2.57. The molecule has 0 saturated carbocycles. The highest BCUT2D eigenvalue weighted by atomic mass is 127. The van der Waals surface area contributed by atoms with Gasteiger partial charge in [0.25, 0.3) is 10.2 Å². The molecule has 1 unspecified atom stereocenters. The summed E-state index contributed by atoms with van der Waals surface area (Å²) in [5.74, 6) is 0.191. The molecule has 5 rings (SSSR count). The van der Waals surface area contributed by atoms with Crippen molar-refractivity contribution in [3.8, 4) is 11.8 Å². The van der Waals surface area contributed by atoms with Crippen LogP contribution in [0, 0.1) is 23.2 Å². The van der Waals surface area contributed by atoms with E-state index < -0.39 is 21.9 Å². The summed E-state index contributed by atoms with van der Waals surface area (Å²) in [6.45, 7) is 3.49. The van der Waals surface area contributed by atoms with E-state index in [-0.39, 0.29) is 50.1 Å². The topological polar surface area (TPSA) is 115 Å². The molecule has 4 heterocycles. The van der Waals surface area contributed by atoms with Crippen LogP contribution in [0.15, 0.2) is 18.2 Å². The number of hydrogen-bond acceptors (Lipinski definition) is 7. The monoisotopic (exact) mass is 685 g/mol. The van der Waals surface area contributed by atoms with E-state index in [0.717, 1.165) is 50.9 Å². The highest BCUT2D eigenvalue weighted by molar-refractivity contribution is 14.1. The molecular formula is C24H31F3IN5O5S. The molecule has 1 aromatic carbocycles. The number of carbonyl (C=O) groups is 1. The Bertz CT molecular complexity index is 1170. The number of benzene rings is 1. The van der Waals surface area contributed by atoms with E-state index in [4.69, 9.17) is 13.1 Å². The van der Waals surface area contributed by atoms with Crippen LogP contribution in [0.3, 0.4) is 0 Å². The lowest BCUT2D eigenvalue weighted by Gasteiger charge is -2.40. The first-order valence-electron chi connectivity index (χ1n) is 12.8. The molecule has 15 heteroatoms. The van der Waals surface area contributed by atoms with Crippen LogP contribution in [-0.4, -0.2) is 80.4 Å². The Labute approximate surface area is 240 Å². The van der Waals surface area contributed by atoms with E-state index in [1.807, 2.05) is 4.90 Å². The van der Waals surface area contributed by atoms with E-state index in [1.54, 1.807) is 23.0 Å². The molecule has 3 saturated heterocycles. The fourth-order valence-corrected chi connectivity index (χ4v) is 7.08. The molecule has 4 aliphatic heterocycles. The fraction of sp³-hybridized carbons (Fsp3) is 0.667. The number of carbonyl (C=O) groups excluding carboxylic acids is 1. The highest BCUT2D eigenvalue weighted by Crippen LogP contribution is 2.38. The van der Waals surface area contributed by atoms with Gasteiger partial charge in [-0.3, -0.25) is 10.1 Å². The summed E-state index contributed by atoms with van der Waals surface area (Å²) in [6, 6.07) is 5.32. The van der Waals surface area contributed by atoms with Gasteiger partial charge in [-0.25, -0.2) is 0 Å². The van der Waals surface area contributed by atoms with Gasteiger partial charge in [0.2, 0.25) is 5.91 Å². The van der Waals surface area contributed by atoms with Gasteiger partial charge in [-0.15, -0.1) is 0 Å². The van der Waals surface area contributed by atoms with Crippen molar-refractivity contribution in [3.63, 3.8) is 0 Å². The molecule has 216 valence electrons. The predicted octanol–water partition coefficient (Wildman–Crippen LogP) is 3.07. The van der Waals surface area contributed by atoms with Gasteiger partial charge in [-0.05, 0) is 43.9 Å². The maximum Gasteiger partial charge on any atom is 0.416 e. The van der Waals surface area contributed by atoms with Crippen LogP contribution in [0.2, 0.25) is 0 Å². The third-order valence-electron chi connectivity index (χ3n) is 7.34. The summed E-state index contributed by atoms with van der Waals surface area (Å²) in [5.41, 5.74) is -0.141. The second-order valence-electron chi connectivity index (χ2n) is 9.95. The average molecular weight is 686 g/mol. The third-order valence-corrected chi connectivity index (χ3v) is 9.58. The number of nitriles is 1. The molecule has 3 fully saturated rings. The largest absolute Gasteiger partial charge is 0.491 e. The number of likely N-dealkylation sites (tertiary alicyclic amines) is 1. The summed E-state index contributed by atoms with van der Waals surface area (Å²) in [6.07, 6.45) is -0.753. The molecular weight excluding hydrogens is 654 g/mol. The SMILES string of the molecule is FC(F)(F)c1ccc2c(c1)C(NCOI)CO2.N#CC1CN(S(=O)(=O)N2CCC[C@H](C(=O)N3CCCC3)C2)C1. The summed E-state index contributed by atoms with van der Waals surface area (Å²) in [5, 5.41) is 11.7. The normalized spacial score (nSPS) is 24.2. The van der Waals surface area contributed by atoms with E-state index in [9.17, 15) is 26.4 Å². The van der Waals surface area contributed by atoms with E-state index >= 15 is 0 Å². The van der Waals surface area contributed by atoms with Gasteiger partial charge >= 0.3 is 6.18 Å². The second-order valence-corrected chi connectivity index (χ2v) is 12.5. The lowest BCUT2D eigenvalue weighted by molar-refractivity contribution is -0.137. The van der Waals surface area contributed by atoms with E-state index in [2.05, 4.69) is 11.4 Å². The van der Waals surface area contributed by atoms with Crippen LogP contribution in [-0.2, 0) is 24.2 Å². The van der Waals surface area contributed by atoms with Gasteiger partial charge in [0, 0.05) is 44.8 Å². The third kappa shape index (κ3) is 7.14.